The van der Waals surface area contributed by atoms with E-state index in [1.54, 1.807) is 25.3 Å². The highest BCUT2D eigenvalue weighted by Crippen LogP contribution is 2.27. The number of carbonyl (C=O) groups excluding carboxylic acids is 1. The van der Waals surface area contributed by atoms with Crippen LogP contribution >= 0.6 is 0 Å². The molecule has 4 rings (SSSR count). The lowest BCUT2D eigenvalue weighted by molar-refractivity contribution is 0.0983. The number of nitrogens with two attached hydrogens (primary N) is 1. The summed E-state index contributed by atoms with van der Waals surface area (Å²) >= 11 is 0. The van der Waals surface area contributed by atoms with Crippen molar-refractivity contribution in [2.75, 3.05) is 11.1 Å². The lowest BCUT2D eigenvalue weighted by atomic mass is 10.1. The molecule has 0 saturated carbocycles. The standard InChI is InChI=1S/C24H21N5O2/c1-2-22(30)21-14-19(11-12-26-21)31-18-10-6-9-17(13-18)27-23-15-20(28-24(25)29-23)16-7-4-3-5-8-16/h3-15H,2H2,1H3,(H3,25,27,28,29). The van der Waals surface area contributed by atoms with Crippen LogP contribution in [0.4, 0.5) is 17.5 Å². The number of pyridine rings is 1. The summed E-state index contributed by atoms with van der Waals surface area (Å²) in [5, 5.41) is 3.24. The molecule has 0 fully saturated rings. The van der Waals surface area contributed by atoms with Crippen LogP contribution in [-0.4, -0.2) is 20.7 Å². The Hall–Kier alpha value is -4.26. The number of ketones is 1. The van der Waals surface area contributed by atoms with E-state index in [1.165, 1.54) is 0 Å². The number of hydrogen-bond acceptors (Lipinski definition) is 7. The molecule has 0 aliphatic heterocycles. The predicted octanol–water partition coefficient (Wildman–Crippen LogP) is 5.25. The number of rotatable bonds is 7. The molecular formula is C24H21N5O2. The lowest BCUT2D eigenvalue weighted by Crippen LogP contribution is -2.01. The smallest absolute Gasteiger partial charge is 0.222 e. The predicted molar refractivity (Wildman–Crippen MR) is 121 cm³/mol. The van der Waals surface area contributed by atoms with Gasteiger partial charge in [-0.2, -0.15) is 4.98 Å². The van der Waals surface area contributed by atoms with Crippen LogP contribution in [0.1, 0.15) is 23.8 Å². The van der Waals surface area contributed by atoms with Crippen LogP contribution in [0.3, 0.4) is 0 Å². The Morgan fingerprint density at radius 2 is 1.77 bits per heavy atom. The Bertz CT molecular complexity index is 1210. The molecule has 4 aromatic rings. The maximum atomic E-state index is 11.9. The number of aromatic nitrogens is 3. The minimum atomic E-state index is -0.0311. The van der Waals surface area contributed by atoms with Crippen molar-refractivity contribution in [2.24, 2.45) is 0 Å². The van der Waals surface area contributed by atoms with Crippen molar-refractivity contribution < 1.29 is 9.53 Å². The fourth-order valence-corrected chi connectivity index (χ4v) is 3.02. The zero-order chi connectivity index (χ0) is 21.6. The van der Waals surface area contributed by atoms with Crippen LogP contribution in [0.2, 0.25) is 0 Å². The molecule has 0 atom stereocenters. The number of benzene rings is 2. The van der Waals surface area contributed by atoms with Gasteiger partial charge in [0.15, 0.2) is 5.78 Å². The molecule has 0 aliphatic carbocycles. The van der Waals surface area contributed by atoms with Crippen LogP contribution in [0.15, 0.2) is 79.0 Å². The van der Waals surface area contributed by atoms with Gasteiger partial charge in [-0.25, -0.2) is 4.98 Å². The number of ether oxygens (including phenoxy) is 1. The molecule has 3 N–H and O–H groups in total. The van der Waals surface area contributed by atoms with Gasteiger partial charge in [0.2, 0.25) is 5.95 Å². The third kappa shape index (κ3) is 5.02. The first-order chi connectivity index (χ1) is 15.1. The first kappa shape index (κ1) is 20.0. The first-order valence-corrected chi connectivity index (χ1v) is 9.85. The molecule has 0 amide bonds. The summed E-state index contributed by atoms with van der Waals surface area (Å²) in [5.41, 5.74) is 8.75. The summed E-state index contributed by atoms with van der Waals surface area (Å²) in [6.07, 6.45) is 1.96. The Balaban J connectivity index is 1.55. The zero-order valence-corrected chi connectivity index (χ0v) is 16.9. The van der Waals surface area contributed by atoms with E-state index in [1.807, 2.05) is 60.7 Å². The molecule has 2 aromatic carbocycles. The SMILES string of the molecule is CCC(=O)c1cc(Oc2cccc(Nc3cc(-c4ccccc4)nc(N)n3)c2)ccn1. The number of hydrogen-bond donors (Lipinski definition) is 2. The highest BCUT2D eigenvalue weighted by atomic mass is 16.5. The van der Waals surface area contributed by atoms with Gasteiger partial charge in [0.05, 0.1) is 5.69 Å². The van der Waals surface area contributed by atoms with E-state index < -0.39 is 0 Å². The topological polar surface area (TPSA) is 103 Å². The Labute approximate surface area is 180 Å². The minimum Gasteiger partial charge on any atom is -0.457 e. The van der Waals surface area contributed by atoms with Gasteiger partial charge in [0.25, 0.3) is 0 Å². The fraction of sp³-hybridized carbons (Fsp3) is 0.0833. The average Bonchev–Trinajstić information content (AvgIpc) is 2.79. The van der Waals surface area contributed by atoms with Gasteiger partial charge in [0, 0.05) is 42.1 Å². The number of nitrogen functional groups attached to an aromatic ring is 1. The van der Waals surface area contributed by atoms with Gasteiger partial charge in [0.1, 0.15) is 23.0 Å². The van der Waals surface area contributed by atoms with Crippen molar-refractivity contribution in [3.05, 3.63) is 84.7 Å². The summed E-state index contributed by atoms with van der Waals surface area (Å²) in [6.45, 7) is 1.80. The molecule has 31 heavy (non-hydrogen) atoms. The van der Waals surface area contributed by atoms with Crippen molar-refractivity contribution >= 4 is 23.2 Å². The highest BCUT2D eigenvalue weighted by Gasteiger charge is 2.08. The number of carbonyl (C=O) groups is 1. The number of Topliss-reactive ketones (excluding diaryl/α,β-unsaturated/α-hetero) is 1. The quantitative estimate of drug-likeness (QED) is 0.400. The molecule has 2 heterocycles. The van der Waals surface area contributed by atoms with E-state index in [2.05, 4.69) is 20.3 Å². The molecule has 0 aliphatic rings. The van der Waals surface area contributed by atoms with Crippen molar-refractivity contribution in [1.29, 1.82) is 0 Å². The first-order valence-electron chi connectivity index (χ1n) is 9.85. The Kier molecular flexibility index (Phi) is 5.84. The summed E-state index contributed by atoms with van der Waals surface area (Å²) in [7, 11) is 0. The Morgan fingerprint density at radius 1 is 0.968 bits per heavy atom. The summed E-state index contributed by atoms with van der Waals surface area (Å²) < 4.78 is 5.92. The molecule has 0 saturated heterocycles. The van der Waals surface area contributed by atoms with Crippen LogP contribution in [0, 0.1) is 0 Å². The molecule has 0 radical (unpaired) electrons. The van der Waals surface area contributed by atoms with Crippen molar-refractivity contribution in [3.8, 4) is 22.8 Å². The van der Waals surface area contributed by atoms with Crippen LogP contribution in [0.25, 0.3) is 11.3 Å². The van der Waals surface area contributed by atoms with E-state index in [0.717, 1.165) is 16.9 Å². The second-order valence-corrected chi connectivity index (χ2v) is 6.77. The molecule has 2 aromatic heterocycles. The van der Waals surface area contributed by atoms with Gasteiger partial charge < -0.3 is 15.8 Å². The van der Waals surface area contributed by atoms with Gasteiger partial charge in [-0.1, -0.05) is 43.3 Å². The van der Waals surface area contributed by atoms with Crippen LogP contribution in [0.5, 0.6) is 11.5 Å². The molecule has 0 unspecified atom stereocenters. The van der Waals surface area contributed by atoms with Gasteiger partial charge in [-0.05, 0) is 18.2 Å². The van der Waals surface area contributed by atoms with Gasteiger partial charge in [-0.15, -0.1) is 0 Å². The summed E-state index contributed by atoms with van der Waals surface area (Å²) in [4.78, 5) is 24.6. The molecule has 7 nitrogen and oxygen atoms in total. The number of anilines is 3. The Morgan fingerprint density at radius 3 is 2.58 bits per heavy atom. The zero-order valence-electron chi connectivity index (χ0n) is 16.9. The van der Waals surface area contributed by atoms with Gasteiger partial charge >= 0.3 is 0 Å². The maximum Gasteiger partial charge on any atom is 0.222 e. The maximum absolute atomic E-state index is 11.9. The van der Waals surface area contributed by atoms with Crippen molar-refractivity contribution in [1.82, 2.24) is 15.0 Å². The van der Waals surface area contributed by atoms with Crippen molar-refractivity contribution in [3.63, 3.8) is 0 Å². The lowest BCUT2D eigenvalue weighted by Gasteiger charge is -2.11. The summed E-state index contributed by atoms with van der Waals surface area (Å²) in [5.74, 6) is 1.87. The highest BCUT2D eigenvalue weighted by molar-refractivity contribution is 5.94. The second-order valence-electron chi connectivity index (χ2n) is 6.77. The number of nitrogens with one attached hydrogen (secondary N) is 1. The summed E-state index contributed by atoms with van der Waals surface area (Å²) in [6, 6.07) is 22.4. The average molecular weight is 411 g/mol. The van der Waals surface area contributed by atoms with Crippen LogP contribution < -0.4 is 15.8 Å². The van der Waals surface area contributed by atoms with Crippen molar-refractivity contribution in [2.45, 2.75) is 13.3 Å². The van der Waals surface area contributed by atoms with E-state index in [4.69, 9.17) is 10.5 Å². The molecule has 0 spiro atoms. The fourth-order valence-electron chi connectivity index (χ4n) is 3.02. The normalized spacial score (nSPS) is 10.5. The van der Waals surface area contributed by atoms with E-state index in [-0.39, 0.29) is 11.7 Å². The third-order valence-electron chi connectivity index (χ3n) is 4.49. The molecule has 0 bridgehead atoms. The van der Waals surface area contributed by atoms with E-state index in [0.29, 0.717) is 29.4 Å². The number of nitrogens with zero attached hydrogens (tertiary/aromatic N) is 3. The largest absolute Gasteiger partial charge is 0.457 e. The molecular weight excluding hydrogens is 390 g/mol. The molecule has 7 heteroatoms. The third-order valence-corrected chi connectivity index (χ3v) is 4.49. The monoisotopic (exact) mass is 411 g/mol. The van der Waals surface area contributed by atoms with Crippen LogP contribution in [-0.2, 0) is 0 Å². The second kappa shape index (κ2) is 9.04. The molecule has 154 valence electrons. The minimum absolute atomic E-state index is 0.0311. The van der Waals surface area contributed by atoms with E-state index in [9.17, 15) is 4.79 Å². The van der Waals surface area contributed by atoms with E-state index >= 15 is 0 Å². The van der Waals surface area contributed by atoms with Gasteiger partial charge in [-0.3, -0.25) is 9.78 Å².